The van der Waals surface area contributed by atoms with Gasteiger partial charge in [0.25, 0.3) is 5.56 Å². The number of hydrogen-bond donors (Lipinski definition) is 2. The van der Waals surface area contributed by atoms with Gasteiger partial charge in [0.1, 0.15) is 6.04 Å². The second kappa shape index (κ2) is 7.59. The first-order valence-electron chi connectivity index (χ1n) is 7.72. The summed E-state index contributed by atoms with van der Waals surface area (Å²) in [4.78, 5) is 35.3. The van der Waals surface area contributed by atoms with Gasteiger partial charge in [-0.1, -0.05) is 25.1 Å². The van der Waals surface area contributed by atoms with Crippen LogP contribution < -0.4 is 10.9 Å². The highest BCUT2D eigenvalue weighted by molar-refractivity contribution is 5.87. The van der Waals surface area contributed by atoms with Gasteiger partial charge < -0.3 is 15.0 Å². The summed E-state index contributed by atoms with van der Waals surface area (Å²) in [6, 6.07) is 10.6. The molecule has 1 heterocycles. The second-order valence-corrected chi connectivity index (χ2v) is 5.52. The minimum Gasteiger partial charge on any atom is -0.478 e. The van der Waals surface area contributed by atoms with Crippen LogP contribution >= 0.6 is 0 Å². The normalized spacial score (nSPS) is 11.8. The summed E-state index contributed by atoms with van der Waals surface area (Å²) in [5.41, 5.74) is 1.52. The highest BCUT2D eigenvalue weighted by Crippen LogP contribution is 2.12. The number of nitrogens with one attached hydrogen (secondary N) is 1. The molecule has 0 radical (unpaired) electrons. The lowest BCUT2D eigenvalue weighted by Gasteiger charge is -2.20. The molecule has 24 heavy (non-hydrogen) atoms. The third-order valence-electron chi connectivity index (χ3n) is 3.86. The minimum atomic E-state index is -0.990. The van der Waals surface area contributed by atoms with Gasteiger partial charge in [0, 0.05) is 18.3 Å². The average Bonchev–Trinajstić information content (AvgIpc) is 2.56. The predicted molar refractivity (Wildman–Crippen MR) is 90.0 cm³/mol. The second-order valence-electron chi connectivity index (χ2n) is 5.52. The molecule has 6 nitrogen and oxygen atoms in total. The number of carbonyl (C=O) groups excluding carboxylic acids is 1. The van der Waals surface area contributed by atoms with E-state index in [0.717, 1.165) is 11.3 Å². The first-order chi connectivity index (χ1) is 11.4. The Kier molecular flexibility index (Phi) is 5.52. The molecule has 0 saturated heterocycles. The molecule has 2 N–H and O–H groups in total. The van der Waals surface area contributed by atoms with Crippen molar-refractivity contribution in [2.75, 3.05) is 0 Å². The molecule has 0 aliphatic rings. The summed E-state index contributed by atoms with van der Waals surface area (Å²) >= 11 is 0. The van der Waals surface area contributed by atoms with Gasteiger partial charge in [0.2, 0.25) is 5.91 Å². The lowest BCUT2D eigenvalue weighted by atomic mass is 10.1. The van der Waals surface area contributed by atoms with Crippen molar-refractivity contribution in [2.24, 2.45) is 0 Å². The Balaban J connectivity index is 2.10. The van der Waals surface area contributed by atoms with Gasteiger partial charge in [0.15, 0.2) is 0 Å². The Bertz CT molecular complexity index is 793. The van der Waals surface area contributed by atoms with E-state index in [1.54, 1.807) is 31.2 Å². The van der Waals surface area contributed by atoms with Crippen LogP contribution in [0.4, 0.5) is 0 Å². The third-order valence-corrected chi connectivity index (χ3v) is 3.86. The van der Waals surface area contributed by atoms with Crippen molar-refractivity contribution in [1.29, 1.82) is 0 Å². The summed E-state index contributed by atoms with van der Waals surface area (Å²) in [5.74, 6) is -1.23. The molecular weight excluding hydrogens is 308 g/mol. The molecule has 1 aromatic carbocycles. The summed E-state index contributed by atoms with van der Waals surface area (Å²) in [7, 11) is 0. The maximum absolute atomic E-state index is 12.5. The number of nitrogens with zero attached hydrogens (tertiary/aromatic N) is 1. The number of carboxylic acid groups (broad SMARTS) is 1. The van der Waals surface area contributed by atoms with Crippen LogP contribution in [0.25, 0.3) is 0 Å². The maximum Gasteiger partial charge on any atom is 0.335 e. The molecule has 0 bridgehead atoms. The Morgan fingerprint density at radius 1 is 1.17 bits per heavy atom. The fraction of sp³-hybridized carbons (Fsp3) is 0.278. The van der Waals surface area contributed by atoms with Crippen molar-refractivity contribution < 1.29 is 14.7 Å². The number of carboxylic acids is 1. The van der Waals surface area contributed by atoms with Gasteiger partial charge in [0.05, 0.1) is 5.56 Å². The van der Waals surface area contributed by atoms with E-state index in [1.807, 2.05) is 6.92 Å². The van der Waals surface area contributed by atoms with Crippen LogP contribution in [0.1, 0.15) is 41.0 Å². The molecule has 126 valence electrons. The minimum absolute atomic E-state index is 0.197. The molecule has 0 saturated carbocycles. The van der Waals surface area contributed by atoms with Crippen LogP contribution in [0.15, 0.2) is 47.3 Å². The quantitative estimate of drug-likeness (QED) is 0.850. The van der Waals surface area contributed by atoms with Gasteiger partial charge in [-0.2, -0.15) is 0 Å². The van der Waals surface area contributed by atoms with E-state index < -0.39 is 12.0 Å². The molecule has 2 aromatic rings. The largest absolute Gasteiger partial charge is 0.478 e. The predicted octanol–water partition coefficient (Wildman–Crippen LogP) is 2.12. The zero-order valence-electron chi connectivity index (χ0n) is 13.7. The molecule has 0 aliphatic heterocycles. The molecular formula is C18H20N2O4. The standard InChI is InChI=1S/C18H20N2O4/c1-3-15(20-12(2)5-4-6-16(20)21)17(22)19-11-13-7-9-14(10-8-13)18(23)24/h4-10,15H,3,11H2,1-2H3,(H,19,22)(H,23,24). The molecule has 1 atom stereocenters. The zero-order chi connectivity index (χ0) is 17.7. The molecule has 1 unspecified atom stereocenters. The Morgan fingerprint density at radius 2 is 1.83 bits per heavy atom. The Morgan fingerprint density at radius 3 is 2.38 bits per heavy atom. The fourth-order valence-corrected chi connectivity index (χ4v) is 2.56. The lowest BCUT2D eigenvalue weighted by Crippen LogP contribution is -2.37. The Hall–Kier alpha value is -2.89. The first-order valence-corrected chi connectivity index (χ1v) is 7.72. The van der Waals surface area contributed by atoms with E-state index >= 15 is 0 Å². The number of hydrogen-bond acceptors (Lipinski definition) is 3. The first kappa shape index (κ1) is 17.5. The summed E-state index contributed by atoms with van der Waals surface area (Å²) in [5, 5.41) is 11.7. The van der Waals surface area contributed by atoms with Crippen LogP contribution in [0.3, 0.4) is 0 Å². The SMILES string of the molecule is CCC(C(=O)NCc1ccc(C(=O)O)cc1)n1c(C)cccc1=O. The van der Waals surface area contributed by atoms with E-state index in [9.17, 15) is 14.4 Å². The number of carbonyl (C=O) groups is 2. The maximum atomic E-state index is 12.5. The van der Waals surface area contributed by atoms with Crippen molar-refractivity contribution in [1.82, 2.24) is 9.88 Å². The highest BCUT2D eigenvalue weighted by Gasteiger charge is 2.20. The number of amides is 1. The molecule has 2 rings (SSSR count). The molecule has 6 heteroatoms. The lowest BCUT2D eigenvalue weighted by molar-refractivity contribution is -0.124. The fourth-order valence-electron chi connectivity index (χ4n) is 2.56. The number of pyridine rings is 1. The smallest absolute Gasteiger partial charge is 0.335 e. The van der Waals surface area contributed by atoms with E-state index in [-0.39, 0.29) is 23.6 Å². The summed E-state index contributed by atoms with van der Waals surface area (Å²) < 4.78 is 1.49. The van der Waals surface area contributed by atoms with Crippen molar-refractivity contribution in [3.05, 3.63) is 69.6 Å². The van der Waals surface area contributed by atoms with Crippen molar-refractivity contribution in [2.45, 2.75) is 32.9 Å². The zero-order valence-corrected chi connectivity index (χ0v) is 13.7. The number of aromatic carboxylic acids is 1. The van der Waals surface area contributed by atoms with E-state index in [4.69, 9.17) is 5.11 Å². The van der Waals surface area contributed by atoms with Gasteiger partial charge in [-0.15, -0.1) is 0 Å². The van der Waals surface area contributed by atoms with Crippen molar-refractivity contribution in [3.63, 3.8) is 0 Å². The molecule has 0 spiro atoms. The number of rotatable bonds is 6. The summed E-state index contributed by atoms with van der Waals surface area (Å²) in [6.45, 7) is 3.92. The monoisotopic (exact) mass is 328 g/mol. The molecule has 0 fully saturated rings. The van der Waals surface area contributed by atoms with Crippen LogP contribution in [0.5, 0.6) is 0 Å². The topological polar surface area (TPSA) is 88.4 Å². The van der Waals surface area contributed by atoms with Crippen LogP contribution in [-0.4, -0.2) is 21.6 Å². The number of aromatic nitrogens is 1. The molecule has 1 aromatic heterocycles. The van der Waals surface area contributed by atoms with Gasteiger partial charge in [-0.25, -0.2) is 4.79 Å². The van der Waals surface area contributed by atoms with E-state index in [2.05, 4.69) is 5.32 Å². The van der Waals surface area contributed by atoms with Crippen LogP contribution in [-0.2, 0) is 11.3 Å². The van der Waals surface area contributed by atoms with Crippen molar-refractivity contribution in [3.8, 4) is 0 Å². The van der Waals surface area contributed by atoms with Crippen LogP contribution in [0.2, 0.25) is 0 Å². The summed E-state index contributed by atoms with van der Waals surface area (Å²) in [6.07, 6.45) is 0.495. The van der Waals surface area contributed by atoms with Gasteiger partial charge in [-0.3, -0.25) is 9.59 Å². The third kappa shape index (κ3) is 3.90. The molecule has 1 amide bonds. The van der Waals surface area contributed by atoms with Gasteiger partial charge >= 0.3 is 5.97 Å². The molecule has 0 aliphatic carbocycles. The number of benzene rings is 1. The van der Waals surface area contributed by atoms with E-state index in [0.29, 0.717) is 6.42 Å². The van der Waals surface area contributed by atoms with E-state index in [1.165, 1.54) is 22.8 Å². The van der Waals surface area contributed by atoms with Crippen molar-refractivity contribution >= 4 is 11.9 Å². The number of aryl methyl sites for hydroxylation is 1. The van der Waals surface area contributed by atoms with Gasteiger partial charge in [-0.05, 0) is 37.1 Å². The Labute approximate surface area is 139 Å². The average molecular weight is 328 g/mol. The van der Waals surface area contributed by atoms with Crippen LogP contribution in [0, 0.1) is 6.92 Å². The highest BCUT2D eigenvalue weighted by atomic mass is 16.4.